The van der Waals surface area contributed by atoms with E-state index >= 15 is 0 Å². The quantitative estimate of drug-likeness (QED) is 0.475. The summed E-state index contributed by atoms with van der Waals surface area (Å²) < 4.78 is 2.84. The van der Waals surface area contributed by atoms with Gasteiger partial charge >= 0.3 is 5.69 Å². The molecule has 4 heterocycles. The Labute approximate surface area is 158 Å². The molecule has 0 saturated carbocycles. The molecule has 11 heteroatoms. The zero-order valence-corrected chi connectivity index (χ0v) is 15.1. The first kappa shape index (κ1) is 17.2. The number of rotatable bonds is 4. The molecule has 4 aromatic heterocycles. The molecule has 0 aromatic carbocycles. The van der Waals surface area contributed by atoms with Crippen molar-refractivity contribution in [3.8, 4) is 11.9 Å². The smallest absolute Gasteiger partial charge is 0.341 e. The minimum Gasteiger partial charge on any atom is -0.382 e. The van der Waals surface area contributed by atoms with E-state index in [-0.39, 0.29) is 22.9 Å². The Bertz CT molecular complexity index is 1280. The van der Waals surface area contributed by atoms with Gasteiger partial charge in [0.05, 0.1) is 6.04 Å². The third-order valence-electron chi connectivity index (χ3n) is 4.23. The molecule has 28 heavy (non-hydrogen) atoms. The van der Waals surface area contributed by atoms with Crippen molar-refractivity contribution in [1.29, 1.82) is 5.26 Å². The topological polar surface area (TPSA) is 156 Å². The van der Waals surface area contributed by atoms with Crippen molar-refractivity contribution in [3.05, 3.63) is 58.3 Å². The van der Waals surface area contributed by atoms with Gasteiger partial charge in [0.15, 0.2) is 5.82 Å². The molecular formula is C17H16N10O. The van der Waals surface area contributed by atoms with E-state index in [1.807, 2.05) is 13.0 Å². The molecular weight excluding hydrogens is 360 g/mol. The zero-order chi connectivity index (χ0) is 19.8. The van der Waals surface area contributed by atoms with Gasteiger partial charge in [0.2, 0.25) is 0 Å². The predicted octanol–water partition coefficient (Wildman–Crippen LogP) is 0.934. The van der Waals surface area contributed by atoms with Crippen molar-refractivity contribution in [2.45, 2.75) is 19.9 Å². The highest BCUT2D eigenvalue weighted by Gasteiger charge is 2.21. The SMILES string of the molecule is Cc1cc(-n2c(C(C)Nc3ncnc(N)c3C#N)nc3cccn3c2=O)n[nH]1. The van der Waals surface area contributed by atoms with Gasteiger partial charge < -0.3 is 11.1 Å². The number of hydrogen-bond acceptors (Lipinski definition) is 8. The maximum absolute atomic E-state index is 13.1. The number of nitrogens with two attached hydrogens (primary N) is 1. The maximum atomic E-state index is 13.1. The summed E-state index contributed by atoms with van der Waals surface area (Å²) in [5.74, 6) is 1.15. The lowest BCUT2D eigenvalue weighted by molar-refractivity contribution is 0.683. The Hall–Kier alpha value is -4.20. The van der Waals surface area contributed by atoms with Gasteiger partial charge in [-0.15, -0.1) is 0 Å². The van der Waals surface area contributed by atoms with Crippen LogP contribution in [-0.4, -0.2) is 34.1 Å². The number of nitrogens with one attached hydrogen (secondary N) is 2. The largest absolute Gasteiger partial charge is 0.382 e. The lowest BCUT2D eigenvalue weighted by Gasteiger charge is -2.19. The fourth-order valence-electron chi connectivity index (χ4n) is 2.91. The second kappa shape index (κ2) is 6.51. The lowest BCUT2D eigenvalue weighted by Crippen LogP contribution is -2.31. The second-order valence-electron chi connectivity index (χ2n) is 6.19. The molecule has 0 aliphatic rings. The summed E-state index contributed by atoms with van der Waals surface area (Å²) in [6.07, 6.45) is 2.90. The number of anilines is 2. The Kier molecular flexibility index (Phi) is 4.00. The van der Waals surface area contributed by atoms with Crippen molar-refractivity contribution >= 4 is 17.3 Å². The molecule has 4 rings (SSSR count). The molecule has 0 bridgehead atoms. The van der Waals surface area contributed by atoms with Crippen LogP contribution in [0, 0.1) is 18.3 Å². The molecule has 11 nitrogen and oxygen atoms in total. The van der Waals surface area contributed by atoms with E-state index in [2.05, 4.69) is 30.5 Å². The number of nitrogens with zero attached hydrogens (tertiary/aromatic N) is 7. The molecule has 1 atom stereocenters. The van der Waals surface area contributed by atoms with Gasteiger partial charge in [-0.2, -0.15) is 10.4 Å². The number of fused-ring (bicyclic) bond motifs is 1. The molecule has 4 aromatic rings. The van der Waals surface area contributed by atoms with Crippen LogP contribution in [0.25, 0.3) is 11.5 Å². The highest BCUT2D eigenvalue weighted by atomic mass is 16.1. The number of aryl methyl sites for hydroxylation is 1. The number of aromatic nitrogens is 7. The van der Waals surface area contributed by atoms with Gasteiger partial charge in [-0.1, -0.05) is 0 Å². The van der Waals surface area contributed by atoms with Gasteiger partial charge in [-0.05, 0) is 26.0 Å². The highest BCUT2D eigenvalue weighted by molar-refractivity contribution is 5.62. The van der Waals surface area contributed by atoms with Gasteiger partial charge in [0, 0.05) is 18.0 Å². The van der Waals surface area contributed by atoms with Gasteiger partial charge in [-0.3, -0.25) is 9.50 Å². The first-order valence-electron chi connectivity index (χ1n) is 8.39. The first-order chi connectivity index (χ1) is 13.5. The van der Waals surface area contributed by atoms with E-state index in [1.54, 1.807) is 31.3 Å². The standard InChI is InChI=1S/C17H16N10O/c1-9-6-13(25-24-9)27-16(23-12-4-3-5-26(12)17(27)28)10(2)22-15-11(7-18)14(19)20-8-21-15/h3-6,8,10H,1-2H3,(H,24,25)(H3,19,20,21,22). The van der Waals surface area contributed by atoms with E-state index in [4.69, 9.17) is 5.73 Å². The number of hydrogen-bond donors (Lipinski definition) is 3. The van der Waals surface area contributed by atoms with Gasteiger partial charge in [-0.25, -0.2) is 24.3 Å². The summed E-state index contributed by atoms with van der Waals surface area (Å²) in [6.45, 7) is 3.64. The maximum Gasteiger partial charge on any atom is 0.341 e. The summed E-state index contributed by atoms with van der Waals surface area (Å²) in [5, 5.41) is 19.5. The predicted molar refractivity (Wildman–Crippen MR) is 101 cm³/mol. The monoisotopic (exact) mass is 376 g/mol. The van der Waals surface area contributed by atoms with Crippen molar-refractivity contribution in [2.75, 3.05) is 11.1 Å². The minimum atomic E-state index is -0.494. The zero-order valence-electron chi connectivity index (χ0n) is 15.1. The summed E-state index contributed by atoms with van der Waals surface area (Å²) in [5.41, 5.74) is 6.87. The molecule has 0 amide bonds. The molecule has 0 radical (unpaired) electrons. The third-order valence-corrected chi connectivity index (χ3v) is 4.23. The molecule has 4 N–H and O–H groups in total. The highest BCUT2D eigenvalue weighted by Crippen LogP contribution is 2.22. The van der Waals surface area contributed by atoms with Crippen LogP contribution in [0.15, 0.2) is 35.5 Å². The van der Waals surface area contributed by atoms with Crippen LogP contribution in [0.4, 0.5) is 11.6 Å². The third kappa shape index (κ3) is 2.73. The average molecular weight is 376 g/mol. The van der Waals surface area contributed by atoms with Crippen LogP contribution < -0.4 is 16.7 Å². The van der Waals surface area contributed by atoms with Crippen molar-refractivity contribution < 1.29 is 0 Å². The molecule has 1 unspecified atom stereocenters. The van der Waals surface area contributed by atoms with Crippen LogP contribution >= 0.6 is 0 Å². The minimum absolute atomic E-state index is 0.0718. The van der Waals surface area contributed by atoms with Crippen LogP contribution in [-0.2, 0) is 0 Å². The number of nitriles is 1. The number of H-pyrrole nitrogens is 1. The molecule has 0 aliphatic heterocycles. The molecule has 0 fully saturated rings. The Morgan fingerprint density at radius 3 is 2.93 bits per heavy atom. The fourth-order valence-corrected chi connectivity index (χ4v) is 2.91. The molecule has 140 valence electrons. The first-order valence-corrected chi connectivity index (χ1v) is 8.39. The Balaban J connectivity index is 1.87. The van der Waals surface area contributed by atoms with E-state index in [1.165, 1.54) is 15.3 Å². The summed E-state index contributed by atoms with van der Waals surface area (Å²) in [4.78, 5) is 25.6. The van der Waals surface area contributed by atoms with Crippen LogP contribution in [0.5, 0.6) is 0 Å². The summed E-state index contributed by atoms with van der Waals surface area (Å²) >= 11 is 0. The molecule has 0 spiro atoms. The summed E-state index contributed by atoms with van der Waals surface area (Å²) in [7, 11) is 0. The molecule has 0 saturated heterocycles. The van der Waals surface area contributed by atoms with E-state index in [9.17, 15) is 10.1 Å². The fraction of sp³-hybridized carbons (Fsp3) is 0.176. The van der Waals surface area contributed by atoms with Crippen LogP contribution in [0.1, 0.15) is 30.0 Å². The lowest BCUT2D eigenvalue weighted by atomic mass is 10.2. The normalized spacial score (nSPS) is 12.0. The summed E-state index contributed by atoms with van der Waals surface area (Å²) in [6, 6.07) is 6.72. The average Bonchev–Trinajstić information content (AvgIpc) is 3.30. The van der Waals surface area contributed by atoms with Gasteiger partial charge in [0.25, 0.3) is 0 Å². The second-order valence-corrected chi connectivity index (χ2v) is 6.19. The number of nitrogen functional groups attached to an aromatic ring is 1. The van der Waals surface area contributed by atoms with Gasteiger partial charge in [0.1, 0.15) is 41.1 Å². The van der Waals surface area contributed by atoms with Crippen LogP contribution in [0.3, 0.4) is 0 Å². The Morgan fingerprint density at radius 1 is 1.39 bits per heavy atom. The van der Waals surface area contributed by atoms with Crippen molar-refractivity contribution in [2.24, 2.45) is 0 Å². The Morgan fingerprint density at radius 2 is 2.21 bits per heavy atom. The van der Waals surface area contributed by atoms with E-state index in [0.717, 1.165) is 5.69 Å². The van der Waals surface area contributed by atoms with E-state index in [0.29, 0.717) is 17.3 Å². The van der Waals surface area contributed by atoms with Crippen molar-refractivity contribution in [1.82, 2.24) is 34.1 Å². The van der Waals surface area contributed by atoms with E-state index < -0.39 is 6.04 Å². The molecule has 0 aliphatic carbocycles. The number of aromatic amines is 1. The van der Waals surface area contributed by atoms with Crippen LogP contribution in [0.2, 0.25) is 0 Å². The van der Waals surface area contributed by atoms with Crippen molar-refractivity contribution in [3.63, 3.8) is 0 Å².